The molecule has 1 N–H and O–H groups in total. The predicted octanol–water partition coefficient (Wildman–Crippen LogP) is 5.17. The van der Waals surface area contributed by atoms with Gasteiger partial charge in [0.1, 0.15) is 0 Å². The number of nitrogens with one attached hydrogen (secondary N) is 1. The van der Waals surface area contributed by atoms with E-state index in [9.17, 15) is 9.59 Å². The van der Waals surface area contributed by atoms with Gasteiger partial charge in [0, 0.05) is 17.3 Å². The van der Waals surface area contributed by atoms with Crippen LogP contribution in [0.5, 0.6) is 0 Å². The summed E-state index contributed by atoms with van der Waals surface area (Å²) in [6.07, 6.45) is 1.55. The summed E-state index contributed by atoms with van der Waals surface area (Å²) in [5, 5.41) is 3.73. The van der Waals surface area contributed by atoms with Crippen molar-refractivity contribution in [1.82, 2.24) is 9.88 Å². The molecule has 0 aliphatic rings. The number of pyridine rings is 1. The van der Waals surface area contributed by atoms with Gasteiger partial charge in [-0.15, -0.1) is 0 Å². The van der Waals surface area contributed by atoms with Gasteiger partial charge in [0.2, 0.25) is 0 Å². The molecule has 0 saturated carbocycles. The van der Waals surface area contributed by atoms with Crippen LogP contribution in [-0.2, 0) is 6.54 Å². The van der Waals surface area contributed by atoms with E-state index in [1.165, 1.54) is 0 Å². The van der Waals surface area contributed by atoms with Crippen LogP contribution in [0.3, 0.4) is 0 Å². The molecule has 0 spiro atoms. The van der Waals surface area contributed by atoms with Gasteiger partial charge in [0.05, 0.1) is 16.1 Å². The number of hydrogen-bond acceptors (Lipinski definition) is 2. The van der Waals surface area contributed by atoms with Crippen LogP contribution in [0.2, 0.25) is 5.02 Å². The number of benzene rings is 1. The van der Waals surface area contributed by atoms with Crippen molar-refractivity contribution in [2.45, 2.75) is 53.1 Å². The lowest BCUT2D eigenvalue weighted by Crippen LogP contribution is -2.33. The lowest BCUT2D eigenvalue weighted by atomic mass is 10.0. The first-order valence-electron chi connectivity index (χ1n) is 8.77. The van der Waals surface area contributed by atoms with Crippen molar-refractivity contribution in [1.29, 1.82) is 0 Å². The standard InChI is InChI=1S/C20H24BrClN2O2/c1-5-10-24-13(4)17(12(3)18(21)20(24)26)19(25)23-16(6-2)14-8-7-9-15(22)11-14/h7-9,11,16H,5-6,10H2,1-4H3,(H,23,25). The lowest BCUT2D eigenvalue weighted by molar-refractivity contribution is 0.0933. The highest BCUT2D eigenvalue weighted by atomic mass is 79.9. The lowest BCUT2D eigenvalue weighted by Gasteiger charge is -2.21. The van der Waals surface area contributed by atoms with Crippen LogP contribution in [0.15, 0.2) is 33.5 Å². The molecule has 0 radical (unpaired) electrons. The Morgan fingerprint density at radius 3 is 2.58 bits per heavy atom. The highest BCUT2D eigenvalue weighted by Crippen LogP contribution is 2.24. The van der Waals surface area contributed by atoms with Crippen LogP contribution < -0.4 is 10.9 Å². The maximum atomic E-state index is 13.1. The van der Waals surface area contributed by atoms with E-state index in [4.69, 9.17) is 11.6 Å². The number of carbonyl (C=O) groups excluding carboxylic acids is 1. The molecule has 1 amide bonds. The van der Waals surface area contributed by atoms with Crippen molar-refractivity contribution in [2.75, 3.05) is 0 Å². The molecule has 1 aromatic heterocycles. The fourth-order valence-corrected chi connectivity index (χ4v) is 3.76. The van der Waals surface area contributed by atoms with Crippen molar-refractivity contribution >= 4 is 33.4 Å². The Morgan fingerprint density at radius 1 is 1.31 bits per heavy atom. The van der Waals surface area contributed by atoms with E-state index >= 15 is 0 Å². The molecule has 1 unspecified atom stereocenters. The monoisotopic (exact) mass is 438 g/mol. The van der Waals surface area contributed by atoms with Crippen LogP contribution in [0.1, 0.15) is 59.9 Å². The van der Waals surface area contributed by atoms with Gasteiger partial charge in [-0.05, 0) is 65.9 Å². The third-order valence-electron chi connectivity index (χ3n) is 4.54. The predicted molar refractivity (Wildman–Crippen MR) is 110 cm³/mol. The second-order valence-corrected chi connectivity index (χ2v) is 7.57. The Balaban J connectivity index is 2.44. The van der Waals surface area contributed by atoms with E-state index in [0.717, 1.165) is 18.4 Å². The van der Waals surface area contributed by atoms with Crippen molar-refractivity contribution < 1.29 is 4.79 Å². The molecule has 1 aromatic carbocycles. The molecule has 0 fully saturated rings. The number of nitrogens with zero attached hydrogens (tertiary/aromatic N) is 1. The largest absolute Gasteiger partial charge is 0.345 e. The van der Waals surface area contributed by atoms with Crippen molar-refractivity contribution in [3.63, 3.8) is 0 Å². The molecule has 1 atom stereocenters. The van der Waals surface area contributed by atoms with Crippen molar-refractivity contribution in [2.24, 2.45) is 0 Å². The minimum Gasteiger partial charge on any atom is -0.345 e. The third-order valence-corrected chi connectivity index (χ3v) is 5.71. The number of amides is 1. The quantitative estimate of drug-likeness (QED) is 0.675. The zero-order valence-corrected chi connectivity index (χ0v) is 17.9. The van der Waals surface area contributed by atoms with Gasteiger partial charge in [-0.25, -0.2) is 0 Å². The molecule has 6 heteroatoms. The molecule has 1 heterocycles. The molecule has 0 aliphatic heterocycles. The highest BCUT2D eigenvalue weighted by Gasteiger charge is 2.22. The van der Waals surface area contributed by atoms with Crippen LogP contribution in [0.4, 0.5) is 0 Å². The average Bonchev–Trinajstić information content (AvgIpc) is 2.61. The Labute approximate surface area is 167 Å². The zero-order chi connectivity index (χ0) is 19.4. The number of rotatable bonds is 6. The molecule has 2 rings (SSSR count). The Bertz CT molecular complexity index is 877. The maximum Gasteiger partial charge on any atom is 0.265 e. The van der Waals surface area contributed by atoms with Crippen molar-refractivity contribution in [3.8, 4) is 0 Å². The molecule has 26 heavy (non-hydrogen) atoms. The van der Waals surface area contributed by atoms with E-state index in [2.05, 4.69) is 21.2 Å². The summed E-state index contributed by atoms with van der Waals surface area (Å²) in [7, 11) is 0. The number of aromatic nitrogens is 1. The first-order chi connectivity index (χ1) is 12.3. The molecule has 4 nitrogen and oxygen atoms in total. The fraction of sp³-hybridized carbons (Fsp3) is 0.400. The Kier molecular flexibility index (Phi) is 7.07. The average molecular weight is 440 g/mol. The van der Waals surface area contributed by atoms with Gasteiger partial charge in [0.15, 0.2) is 0 Å². The summed E-state index contributed by atoms with van der Waals surface area (Å²) < 4.78 is 2.10. The number of halogens is 2. The van der Waals surface area contributed by atoms with E-state index < -0.39 is 0 Å². The Morgan fingerprint density at radius 2 is 2.00 bits per heavy atom. The minimum absolute atomic E-state index is 0.0970. The third kappa shape index (κ3) is 4.21. The fourth-order valence-electron chi connectivity index (χ4n) is 3.15. The number of hydrogen-bond donors (Lipinski definition) is 1. The van der Waals surface area contributed by atoms with Gasteiger partial charge in [0.25, 0.3) is 11.5 Å². The summed E-state index contributed by atoms with van der Waals surface area (Å²) in [6, 6.07) is 7.36. The van der Waals surface area contributed by atoms with E-state index in [0.29, 0.717) is 32.9 Å². The van der Waals surface area contributed by atoms with Gasteiger partial charge < -0.3 is 9.88 Å². The van der Waals surface area contributed by atoms with Crippen LogP contribution in [-0.4, -0.2) is 10.5 Å². The maximum absolute atomic E-state index is 13.1. The van der Waals surface area contributed by atoms with Crippen LogP contribution >= 0.6 is 27.5 Å². The second-order valence-electron chi connectivity index (χ2n) is 6.35. The molecule has 0 aliphatic carbocycles. The number of carbonyl (C=O) groups is 1. The van der Waals surface area contributed by atoms with E-state index in [1.807, 2.05) is 45.0 Å². The Hall–Kier alpha value is -1.59. The molecular weight excluding hydrogens is 416 g/mol. The normalized spacial score (nSPS) is 12.1. The van der Waals surface area contributed by atoms with Gasteiger partial charge in [-0.2, -0.15) is 0 Å². The van der Waals surface area contributed by atoms with Crippen LogP contribution in [0, 0.1) is 13.8 Å². The van der Waals surface area contributed by atoms with Gasteiger partial charge >= 0.3 is 0 Å². The zero-order valence-electron chi connectivity index (χ0n) is 15.5. The minimum atomic E-state index is -0.183. The molecule has 2 aromatic rings. The van der Waals surface area contributed by atoms with E-state index in [-0.39, 0.29) is 17.5 Å². The summed E-state index contributed by atoms with van der Waals surface area (Å²) in [5.41, 5.74) is 2.77. The van der Waals surface area contributed by atoms with Crippen LogP contribution in [0.25, 0.3) is 0 Å². The topological polar surface area (TPSA) is 51.1 Å². The van der Waals surface area contributed by atoms with E-state index in [1.54, 1.807) is 11.5 Å². The summed E-state index contributed by atoms with van der Waals surface area (Å²) in [6.45, 7) is 8.22. The first kappa shape index (κ1) is 20.7. The summed E-state index contributed by atoms with van der Waals surface area (Å²) in [4.78, 5) is 25.5. The van der Waals surface area contributed by atoms with Gasteiger partial charge in [-0.3, -0.25) is 9.59 Å². The first-order valence-corrected chi connectivity index (χ1v) is 9.94. The molecule has 140 valence electrons. The molecule has 0 bridgehead atoms. The highest BCUT2D eigenvalue weighted by molar-refractivity contribution is 9.10. The van der Waals surface area contributed by atoms with Crippen molar-refractivity contribution in [3.05, 3.63) is 66.5 Å². The summed E-state index contributed by atoms with van der Waals surface area (Å²) >= 11 is 9.45. The molecule has 0 saturated heterocycles. The summed E-state index contributed by atoms with van der Waals surface area (Å²) in [5.74, 6) is -0.183. The smallest absolute Gasteiger partial charge is 0.265 e. The van der Waals surface area contributed by atoms with Gasteiger partial charge in [-0.1, -0.05) is 37.6 Å². The molecular formula is C20H24BrClN2O2. The SMILES string of the molecule is CCCn1c(C)c(C(=O)NC(CC)c2cccc(Cl)c2)c(C)c(Br)c1=O. The second kappa shape index (κ2) is 8.87.